The second-order valence-electron chi connectivity index (χ2n) is 7.61. The van der Waals surface area contributed by atoms with Crippen LogP contribution >= 0.6 is 0 Å². The molecule has 0 aromatic heterocycles. The van der Waals surface area contributed by atoms with Gasteiger partial charge in [0.25, 0.3) is 0 Å². The minimum absolute atomic E-state index is 0.256. The smallest absolute Gasteiger partial charge is 0.203 e. The summed E-state index contributed by atoms with van der Waals surface area (Å²) in [7, 11) is 4.93. The average molecular weight is 379 g/mol. The maximum atomic E-state index is 9.56. The van der Waals surface area contributed by atoms with E-state index in [0.29, 0.717) is 29.3 Å². The summed E-state index contributed by atoms with van der Waals surface area (Å²) in [6.45, 7) is 4.23. The molecule has 1 atom stereocenters. The fourth-order valence-corrected chi connectivity index (χ4v) is 4.68. The first-order valence-corrected chi connectivity index (χ1v) is 10.1. The summed E-state index contributed by atoms with van der Waals surface area (Å²) >= 11 is 0. The Morgan fingerprint density at radius 3 is 2.22 bits per heavy atom. The van der Waals surface area contributed by atoms with Gasteiger partial charge in [-0.2, -0.15) is 0 Å². The van der Waals surface area contributed by atoms with E-state index in [1.807, 2.05) is 12.1 Å². The van der Waals surface area contributed by atoms with E-state index in [0.717, 1.165) is 38.2 Å². The number of nitrogens with zero attached hydrogens (tertiary/aromatic N) is 2. The molecule has 0 amide bonds. The number of ether oxygens (including phenoxy) is 3. The van der Waals surface area contributed by atoms with E-state index in [9.17, 15) is 5.11 Å². The minimum Gasteiger partial charge on any atom is -0.493 e. The zero-order valence-corrected chi connectivity index (χ0v) is 16.9. The lowest BCUT2D eigenvalue weighted by Gasteiger charge is -2.44. The normalized spacial score (nSPS) is 22.1. The molecule has 6 nitrogen and oxygen atoms in total. The average Bonchev–Trinajstić information content (AvgIpc) is 3.22. The first kappa shape index (κ1) is 20.2. The fourth-order valence-electron chi connectivity index (χ4n) is 4.68. The van der Waals surface area contributed by atoms with Crippen molar-refractivity contribution < 1.29 is 19.3 Å². The SMILES string of the molecule is COc1cc(CN2CCN(C3CCCC3)[C@H](CCO)C2)cc(OC)c1OC. The monoisotopic (exact) mass is 378 g/mol. The highest BCUT2D eigenvalue weighted by atomic mass is 16.5. The topological polar surface area (TPSA) is 54.4 Å². The van der Waals surface area contributed by atoms with Gasteiger partial charge in [-0.3, -0.25) is 9.80 Å². The second-order valence-corrected chi connectivity index (χ2v) is 7.61. The van der Waals surface area contributed by atoms with E-state index in [-0.39, 0.29) is 6.61 Å². The van der Waals surface area contributed by atoms with Crippen LogP contribution < -0.4 is 14.2 Å². The number of aliphatic hydroxyl groups is 1. The Balaban J connectivity index is 1.70. The van der Waals surface area contributed by atoms with E-state index >= 15 is 0 Å². The Bertz CT molecular complexity index is 579. The molecule has 2 fully saturated rings. The Morgan fingerprint density at radius 1 is 1.00 bits per heavy atom. The van der Waals surface area contributed by atoms with E-state index in [4.69, 9.17) is 14.2 Å². The Hall–Kier alpha value is -1.50. The van der Waals surface area contributed by atoms with Crippen molar-refractivity contribution in [2.75, 3.05) is 47.6 Å². The van der Waals surface area contributed by atoms with Gasteiger partial charge >= 0.3 is 0 Å². The standard InChI is InChI=1S/C21H34N2O4/c1-25-19-12-16(13-20(26-2)21(19)27-3)14-22-9-10-23(17-6-4-5-7-17)18(15-22)8-11-24/h12-13,17-18,24H,4-11,14-15H2,1-3H3/t18-/m1/s1. The summed E-state index contributed by atoms with van der Waals surface area (Å²) in [6, 6.07) is 5.22. The number of aliphatic hydroxyl groups excluding tert-OH is 1. The highest BCUT2D eigenvalue weighted by molar-refractivity contribution is 5.53. The van der Waals surface area contributed by atoms with Crippen molar-refractivity contribution in [2.24, 2.45) is 0 Å². The third-order valence-corrected chi connectivity index (χ3v) is 6.00. The first-order valence-electron chi connectivity index (χ1n) is 10.1. The molecule has 2 aliphatic rings. The van der Waals surface area contributed by atoms with Gasteiger partial charge in [-0.1, -0.05) is 12.8 Å². The van der Waals surface area contributed by atoms with Crippen molar-refractivity contribution >= 4 is 0 Å². The van der Waals surface area contributed by atoms with Gasteiger partial charge < -0.3 is 19.3 Å². The second kappa shape index (κ2) is 9.62. The Morgan fingerprint density at radius 2 is 1.67 bits per heavy atom. The Kier molecular flexibility index (Phi) is 7.21. The molecule has 152 valence electrons. The van der Waals surface area contributed by atoms with E-state index < -0.39 is 0 Å². The molecule has 3 rings (SSSR count). The van der Waals surface area contributed by atoms with Crippen molar-refractivity contribution in [1.82, 2.24) is 9.80 Å². The molecule has 1 saturated carbocycles. The number of methoxy groups -OCH3 is 3. The molecular weight excluding hydrogens is 344 g/mol. The predicted molar refractivity (Wildman–Crippen MR) is 106 cm³/mol. The third kappa shape index (κ3) is 4.68. The lowest BCUT2D eigenvalue weighted by molar-refractivity contribution is 0.0267. The highest BCUT2D eigenvalue weighted by Gasteiger charge is 2.33. The molecule has 1 aromatic rings. The van der Waals surface area contributed by atoms with Gasteiger partial charge in [0.1, 0.15) is 0 Å². The number of rotatable bonds is 8. The summed E-state index contributed by atoms with van der Waals surface area (Å²) in [5, 5.41) is 9.56. The maximum Gasteiger partial charge on any atom is 0.203 e. The van der Waals surface area contributed by atoms with E-state index in [2.05, 4.69) is 9.80 Å². The summed E-state index contributed by atoms with van der Waals surface area (Å²) in [5.74, 6) is 2.03. The van der Waals surface area contributed by atoms with Crippen molar-refractivity contribution in [3.8, 4) is 17.2 Å². The van der Waals surface area contributed by atoms with Crippen molar-refractivity contribution in [1.29, 1.82) is 0 Å². The molecule has 0 spiro atoms. The van der Waals surface area contributed by atoms with Crippen LogP contribution in [0.25, 0.3) is 0 Å². The molecule has 1 aliphatic heterocycles. The minimum atomic E-state index is 0.256. The molecular formula is C21H34N2O4. The molecule has 0 unspecified atom stereocenters. The zero-order valence-electron chi connectivity index (χ0n) is 16.9. The van der Waals surface area contributed by atoms with Gasteiger partial charge in [-0.05, 0) is 37.0 Å². The van der Waals surface area contributed by atoms with E-state index in [1.165, 1.54) is 25.7 Å². The van der Waals surface area contributed by atoms with E-state index in [1.54, 1.807) is 21.3 Å². The largest absolute Gasteiger partial charge is 0.493 e. The van der Waals surface area contributed by atoms with Gasteiger partial charge in [-0.25, -0.2) is 0 Å². The van der Waals surface area contributed by atoms with Gasteiger partial charge in [0.05, 0.1) is 21.3 Å². The molecule has 1 aliphatic carbocycles. The van der Waals surface area contributed by atoms with Crippen LogP contribution in [0.4, 0.5) is 0 Å². The first-order chi connectivity index (χ1) is 13.2. The van der Waals surface area contributed by atoms with Crippen LogP contribution in [0.5, 0.6) is 17.2 Å². The Labute approximate surface area is 163 Å². The van der Waals surface area contributed by atoms with Crippen LogP contribution in [-0.4, -0.2) is 74.6 Å². The van der Waals surface area contributed by atoms with Crippen LogP contribution in [0.3, 0.4) is 0 Å². The molecule has 1 aromatic carbocycles. The highest BCUT2D eigenvalue weighted by Crippen LogP contribution is 2.38. The summed E-state index contributed by atoms with van der Waals surface area (Å²) in [4.78, 5) is 5.14. The molecule has 1 N–H and O–H groups in total. The maximum absolute atomic E-state index is 9.56. The van der Waals surface area contributed by atoms with Crippen LogP contribution in [0.2, 0.25) is 0 Å². The number of piperazine rings is 1. The quantitative estimate of drug-likeness (QED) is 0.750. The van der Waals surface area contributed by atoms with Crippen molar-refractivity contribution in [2.45, 2.75) is 50.7 Å². The lowest BCUT2D eigenvalue weighted by atomic mass is 10.0. The molecule has 27 heavy (non-hydrogen) atoms. The summed E-state index contributed by atoms with van der Waals surface area (Å²) < 4.78 is 16.4. The third-order valence-electron chi connectivity index (χ3n) is 6.00. The number of benzene rings is 1. The summed E-state index contributed by atoms with van der Waals surface area (Å²) in [5.41, 5.74) is 1.15. The molecule has 6 heteroatoms. The summed E-state index contributed by atoms with van der Waals surface area (Å²) in [6.07, 6.45) is 6.18. The number of hydrogen-bond donors (Lipinski definition) is 1. The molecule has 1 heterocycles. The van der Waals surface area contributed by atoms with Crippen LogP contribution in [0, 0.1) is 0 Å². The number of hydrogen-bond acceptors (Lipinski definition) is 6. The van der Waals surface area contributed by atoms with Crippen LogP contribution in [-0.2, 0) is 6.54 Å². The molecule has 0 bridgehead atoms. The van der Waals surface area contributed by atoms with Crippen LogP contribution in [0.15, 0.2) is 12.1 Å². The van der Waals surface area contributed by atoms with Gasteiger partial charge in [0, 0.05) is 44.9 Å². The lowest BCUT2D eigenvalue weighted by Crippen LogP contribution is -2.56. The van der Waals surface area contributed by atoms with Gasteiger partial charge in [0.2, 0.25) is 5.75 Å². The zero-order chi connectivity index (χ0) is 19.2. The van der Waals surface area contributed by atoms with Gasteiger partial charge in [0.15, 0.2) is 11.5 Å². The molecule has 0 radical (unpaired) electrons. The van der Waals surface area contributed by atoms with Crippen molar-refractivity contribution in [3.63, 3.8) is 0 Å². The molecule has 1 saturated heterocycles. The predicted octanol–water partition coefficient (Wildman–Crippen LogP) is 2.52. The van der Waals surface area contributed by atoms with Gasteiger partial charge in [-0.15, -0.1) is 0 Å². The van der Waals surface area contributed by atoms with Crippen LogP contribution in [0.1, 0.15) is 37.7 Å². The fraction of sp³-hybridized carbons (Fsp3) is 0.714. The van der Waals surface area contributed by atoms with Crippen molar-refractivity contribution in [3.05, 3.63) is 17.7 Å².